The van der Waals surface area contributed by atoms with Crippen molar-refractivity contribution in [1.82, 2.24) is 10.3 Å². The third-order valence-electron chi connectivity index (χ3n) is 2.37. The van der Waals surface area contributed by atoms with Crippen LogP contribution in [0.15, 0.2) is 36.0 Å². The number of nitrogens with one attached hydrogen (secondary N) is 1. The van der Waals surface area contributed by atoms with Crippen LogP contribution in [0.25, 0.3) is 0 Å². The molecule has 2 heterocycles. The predicted octanol–water partition coefficient (Wildman–Crippen LogP) is 2.83. The fourth-order valence-electron chi connectivity index (χ4n) is 1.49. The van der Waals surface area contributed by atoms with Crippen LogP contribution in [0.3, 0.4) is 0 Å². The monoisotopic (exact) mass is 248 g/mol. The van der Waals surface area contributed by atoms with E-state index in [0.29, 0.717) is 6.61 Å². The van der Waals surface area contributed by atoms with Crippen LogP contribution >= 0.6 is 11.3 Å². The zero-order valence-corrected chi connectivity index (χ0v) is 10.7. The van der Waals surface area contributed by atoms with E-state index in [1.807, 2.05) is 18.3 Å². The lowest BCUT2D eigenvalue weighted by Crippen LogP contribution is -2.13. The van der Waals surface area contributed by atoms with E-state index in [0.717, 1.165) is 24.4 Å². The van der Waals surface area contributed by atoms with E-state index < -0.39 is 0 Å². The largest absolute Gasteiger partial charge is 0.488 e. The normalized spacial score (nSPS) is 10.4. The quantitative estimate of drug-likeness (QED) is 0.853. The van der Waals surface area contributed by atoms with Crippen molar-refractivity contribution in [1.29, 1.82) is 0 Å². The number of ether oxygens (including phenoxy) is 1. The van der Waals surface area contributed by atoms with Gasteiger partial charge in [0.05, 0.1) is 0 Å². The molecule has 17 heavy (non-hydrogen) atoms. The Morgan fingerprint density at radius 2 is 2.35 bits per heavy atom. The number of rotatable bonds is 6. The van der Waals surface area contributed by atoms with E-state index >= 15 is 0 Å². The number of pyridine rings is 1. The molecule has 1 N–H and O–H groups in total. The van der Waals surface area contributed by atoms with E-state index in [-0.39, 0.29) is 0 Å². The summed E-state index contributed by atoms with van der Waals surface area (Å²) < 4.78 is 5.81. The van der Waals surface area contributed by atoms with Crippen LogP contribution in [0.2, 0.25) is 0 Å². The summed E-state index contributed by atoms with van der Waals surface area (Å²) >= 11 is 1.71. The minimum Gasteiger partial charge on any atom is -0.488 e. The fraction of sp³-hybridized carbons (Fsp3) is 0.308. The second kappa shape index (κ2) is 6.37. The van der Waals surface area contributed by atoms with Crippen molar-refractivity contribution < 1.29 is 4.74 Å². The summed E-state index contributed by atoms with van der Waals surface area (Å²) in [7, 11) is 0. The maximum atomic E-state index is 5.81. The number of hydrogen-bond donors (Lipinski definition) is 1. The summed E-state index contributed by atoms with van der Waals surface area (Å²) in [5.74, 6) is 0.911. The van der Waals surface area contributed by atoms with Crippen LogP contribution in [0.5, 0.6) is 5.75 Å². The molecular weight excluding hydrogens is 232 g/mol. The Bertz CT molecular complexity index is 442. The van der Waals surface area contributed by atoms with Crippen LogP contribution in [0, 0.1) is 0 Å². The van der Waals surface area contributed by atoms with Crippen molar-refractivity contribution in [3.05, 3.63) is 46.4 Å². The van der Waals surface area contributed by atoms with Gasteiger partial charge in [-0.25, -0.2) is 0 Å². The molecule has 0 saturated heterocycles. The van der Waals surface area contributed by atoms with Gasteiger partial charge < -0.3 is 10.1 Å². The molecule has 0 aliphatic heterocycles. The maximum Gasteiger partial charge on any atom is 0.127 e. The Balaban J connectivity index is 1.99. The molecule has 0 fully saturated rings. The second-order valence-electron chi connectivity index (χ2n) is 3.63. The topological polar surface area (TPSA) is 34.2 Å². The zero-order valence-electron chi connectivity index (χ0n) is 9.85. The molecule has 0 radical (unpaired) electrons. The molecule has 0 aliphatic carbocycles. The minimum absolute atomic E-state index is 0.626. The molecule has 3 nitrogen and oxygen atoms in total. The van der Waals surface area contributed by atoms with Gasteiger partial charge in [-0.3, -0.25) is 4.98 Å². The van der Waals surface area contributed by atoms with Gasteiger partial charge in [0.15, 0.2) is 0 Å². The number of nitrogens with zero attached hydrogens (tertiary/aromatic N) is 1. The molecular formula is C13H16N2OS. The van der Waals surface area contributed by atoms with E-state index in [1.165, 1.54) is 4.88 Å². The molecule has 0 aliphatic rings. The van der Waals surface area contributed by atoms with Crippen LogP contribution in [0.4, 0.5) is 0 Å². The standard InChI is InChI=1S/C13H16N2OS/c1-2-14-8-11-9-15-6-5-13(11)16-10-12-4-3-7-17-12/h3-7,9,14H,2,8,10H2,1H3. The van der Waals surface area contributed by atoms with E-state index in [9.17, 15) is 0 Å². The summed E-state index contributed by atoms with van der Waals surface area (Å²) in [5, 5.41) is 5.34. The molecule has 0 aromatic carbocycles. The average Bonchev–Trinajstić information content (AvgIpc) is 2.88. The lowest BCUT2D eigenvalue weighted by molar-refractivity contribution is 0.305. The van der Waals surface area contributed by atoms with Crippen molar-refractivity contribution in [3.8, 4) is 5.75 Å². The van der Waals surface area contributed by atoms with Gasteiger partial charge in [0.1, 0.15) is 12.4 Å². The highest BCUT2D eigenvalue weighted by Crippen LogP contribution is 2.19. The molecule has 0 saturated carbocycles. The molecule has 0 atom stereocenters. The Kier molecular flexibility index (Phi) is 4.53. The molecule has 2 aromatic heterocycles. The lowest BCUT2D eigenvalue weighted by Gasteiger charge is -2.10. The Hall–Kier alpha value is -1.39. The van der Waals surface area contributed by atoms with Crippen molar-refractivity contribution >= 4 is 11.3 Å². The van der Waals surface area contributed by atoms with Crippen LogP contribution in [-0.2, 0) is 13.2 Å². The Labute approximate surface area is 105 Å². The Morgan fingerprint density at radius 1 is 1.41 bits per heavy atom. The zero-order chi connectivity index (χ0) is 11.9. The van der Waals surface area contributed by atoms with Crippen LogP contribution in [-0.4, -0.2) is 11.5 Å². The van der Waals surface area contributed by atoms with Gasteiger partial charge in [0, 0.05) is 29.4 Å². The third-order valence-corrected chi connectivity index (χ3v) is 3.22. The van der Waals surface area contributed by atoms with Crippen LogP contribution in [0.1, 0.15) is 17.4 Å². The molecule has 2 aromatic rings. The highest BCUT2D eigenvalue weighted by molar-refractivity contribution is 7.09. The highest BCUT2D eigenvalue weighted by Gasteiger charge is 2.03. The van der Waals surface area contributed by atoms with Crippen LogP contribution < -0.4 is 10.1 Å². The molecule has 2 rings (SSSR count). The van der Waals surface area contributed by atoms with E-state index in [1.54, 1.807) is 17.5 Å². The fourth-order valence-corrected chi connectivity index (χ4v) is 2.11. The van der Waals surface area contributed by atoms with Crippen molar-refractivity contribution in [2.24, 2.45) is 0 Å². The first kappa shape index (κ1) is 12.1. The summed E-state index contributed by atoms with van der Waals surface area (Å²) in [5.41, 5.74) is 1.10. The molecule has 90 valence electrons. The highest BCUT2D eigenvalue weighted by atomic mass is 32.1. The van der Waals surface area contributed by atoms with Gasteiger partial charge in [0.25, 0.3) is 0 Å². The summed E-state index contributed by atoms with van der Waals surface area (Å²) in [6.45, 7) is 4.45. The summed E-state index contributed by atoms with van der Waals surface area (Å²) in [4.78, 5) is 5.36. The molecule has 0 unspecified atom stereocenters. The van der Waals surface area contributed by atoms with Gasteiger partial charge in [-0.05, 0) is 24.1 Å². The maximum absolute atomic E-state index is 5.81. The van der Waals surface area contributed by atoms with Crippen molar-refractivity contribution in [3.63, 3.8) is 0 Å². The van der Waals surface area contributed by atoms with Gasteiger partial charge in [-0.15, -0.1) is 11.3 Å². The van der Waals surface area contributed by atoms with Crippen molar-refractivity contribution in [2.45, 2.75) is 20.1 Å². The van der Waals surface area contributed by atoms with Gasteiger partial charge in [-0.2, -0.15) is 0 Å². The third kappa shape index (κ3) is 3.54. The smallest absolute Gasteiger partial charge is 0.127 e. The number of aromatic nitrogens is 1. The molecule has 0 spiro atoms. The first-order chi connectivity index (χ1) is 8.40. The SMILES string of the molecule is CCNCc1cnccc1OCc1cccs1. The molecule has 0 bridgehead atoms. The lowest BCUT2D eigenvalue weighted by atomic mass is 10.2. The second-order valence-corrected chi connectivity index (χ2v) is 4.66. The minimum atomic E-state index is 0.626. The van der Waals surface area contributed by atoms with Gasteiger partial charge in [-0.1, -0.05) is 13.0 Å². The van der Waals surface area contributed by atoms with E-state index in [2.05, 4.69) is 28.7 Å². The first-order valence-corrected chi connectivity index (χ1v) is 6.57. The van der Waals surface area contributed by atoms with E-state index in [4.69, 9.17) is 4.74 Å². The summed E-state index contributed by atoms with van der Waals surface area (Å²) in [6, 6.07) is 6.03. The van der Waals surface area contributed by atoms with Crippen molar-refractivity contribution in [2.75, 3.05) is 6.54 Å². The molecule has 4 heteroatoms. The van der Waals surface area contributed by atoms with Gasteiger partial charge >= 0.3 is 0 Å². The first-order valence-electron chi connectivity index (χ1n) is 5.69. The average molecular weight is 248 g/mol. The summed E-state index contributed by atoms with van der Waals surface area (Å²) in [6.07, 6.45) is 3.62. The Morgan fingerprint density at radius 3 is 3.12 bits per heavy atom. The molecule has 0 amide bonds. The van der Waals surface area contributed by atoms with Gasteiger partial charge in [0.2, 0.25) is 0 Å². The number of thiophene rings is 1. The predicted molar refractivity (Wildman–Crippen MR) is 70.3 cm³/mol. The number of hydrogen-bond acceptors (Lipinski definition) is 4.